The summed E-state index contributed by atoms with van der Waals surface area (Å²) in [6, 6.07) is -0.240. The second-order valence-corrected chi connectivity index (χ2v) is 3.65. The van der Waals surface area contributed by atoms with Crippen molar-refractivity contribution in [1.29, 1.82) is 0 Å². The summed E-state index contributed by atoms with van der Waals surface area (Å²) < 4.78 is 5.37. The molecular formula is C9H19N3O2. The van der Waals surface area contributed by atoms with Crippen LogP contribution in [0.15, 0.2) is 0 Å². The van der Waals surface area contributed by atoms with Gasteiger partial charge in [-0.2, -0.15) is 0 Å². The molecule has 1 aliphatic heterocycles. The maximum Gasteiger partial charge on any atom is 0.240 e. The van der Waals surface area contributed by atoms with E-state index in [0.29, 0.717) is 13.2 Å². The maximum atomic E-state index is 11.7. The van der Waals surface area contributed by atoms with Crippen LogP contribution in [0.2, 0.25) is 0 Å². The highest BCUT2D eigenvalue weighted by Crippen LogP contribution is 2.03. The predicted octanol–water partition coefficient (Wildman–Crippen LogP) is -1.17. The molecule has 0 aromatic heterocycles. The Morgan fingerprint density at radius 3 is 3.07 bits per heavy atom. The molecule has 1 fully saturated rings. The first kappa shape index (κ1) is 11.4. The Balaban J connectivity index is 2.42. The average molecular weight is 201 g/mol. The molecule has 82 valence electrons. The molecule has 0 aromatic rings. The van der Waals surface area contributed by atoms with Crippen molar-refractivity contribution >= 4 is 5.91 Å². The van der Waals surface area contributed by atoms with Crippen molar-refractivity contribution in [3.63, 3.8) is 0 Å². The van der Waals surface area contributed by atoms with E-state index < -0.39 is 0 Å². The summed E-state index contributed by atoms with van der Waals surface area (Å²) in [6.07, 6.45) is -0.0753. The van der Waals surface area contributed by atoms with E-state index in [4.69, 9.17) is 10.5 Å². The van der Waals surface area contributed by atoms with E-state index in [-0.39, 0.29) is 24.1 Å². The van der Waals surface area contributed by atoms with Crippen LogP contribution in [0.3, 0.4) is 0 Å². The fraction of sp³-hybridized carbons (Fsp3) is 0.889. The van der Waals surface area contributed by atoms with Crippen LogP contribution in [-0.2, 0) is 9.53 Å². The predicted molar refractivity (Wildman–Crippen MR) is 53.9 cm³/mol. The SMILES string of the molecule is C[C@H](CN)NC(=O)[C@H]1NCCO[C@@H]1C. The topological polar surface area (TPSA) is 76.4 Å². The molecule has 0 saturated carbocycles. The first-order chi connectivity index (χ1) is 6.65. The van der Waals surface area contributed by atoms with Crippen LogP contribution in [0.4, 0.5) is 0 Å². The molecule has 0 bridgehead atoms. The summed E-state index contributed by atoms with van der Waals surface area (Å²) in [5, 5.41) is 5.94. The molecule has 4 N–H and O–H groups in total. The van der Waals surface area contributed by atoms with Gasteiger partial charge >= 0.3 is 0 Å². The monoisotopic (exact) mass is 201 g/mol. The number of morpholine rings is 1. The lowest BCUT2D eigenvalue weighted by Crippen LogP contribution is -2.57. The average Bonchev–Trinajstić information content (AvgIpc) is 2.18. The molecule has 14 heavy (non-hydrogen) atoms. The minimum Gasteiger partial charge on any atom is -0.375 e. The first-order valence-electron chi connectivity index (χ1n) is 5.00. The van der Waals surface area contributed by atoms with E-state index in [1.165, 1.54) is 0 Å². The van der Waals surface area contributed by atoms with E-state index >= 15 is 0 Å². The molecule has 3 atom stereocenters. The highest BCUT2D eigenvalue weighted by Gasteiger charge is 2.28. The highest BCUT2D eigenvalue weighted by atomic mass is 16.5. The third-order valence-corrected chi connectivity index (χ3v) is 2.34. The molecule has 1 rings (SSSR count). The zero-order valence-electron chi connectivity index (χ0n) is 8.75. The van der Waals surface area contributed by atoms with Crippen molar-refractivity contribution < 1.29 is 9.53 Å². The largest absolute Gasteiger partial charge is 0.375 e. The lowest BCUT2D eigenvalue weighted by Gasteiger charge is -2.30. The number of hydrogen-bond acceptors (Lipinski definition) is 4. The fourth-order valence-corrected chi connectivity index (χ4v) is 1.42. The van der Waals surface area contributed by atoms with E-state index in [2.05, 4.69) is 10.6 Å². The molecule has 1 amide bonds. The quantitative estimate of drug-likeness (QED) is 0.537. The van der Waals surface area contributed by atoms with Gasteiger partial charge in [-0.15, -0.1) is 0 Å². The van der Waals surface area contributed by atoms with Gasteiger partial charge in [0.05, 0.1) is 12.7 Å². The molecule has 0 unspecified atom stereocenters. The van der Waals surface area contributed by atoms with Crippen molar-refractivity contribution in [3.05, 3.63) is 0 Å². The number of ether oxygens (including phenoxy) is 1. The van der Waals surface area contributed by atoms with Gasteiger partial charge in [-0.3, -0.25) is 4.79 Å². The summed E-state index contributed by atoms with van der Waals surface area (Å²) >= 11 is 0. The van der Waals surface area contributed by atoms with Crippen molar-refractivity contribution in [2.75, 3.05) is 19.7 Å². The zero-order chi connectivity index (χ0) is 10.6. The number of hydrogen-bond donors (Lipinski definition) is 3. The molecule has 0 aliphatic carbocycles. The summed E-state index contributed by atoms with van der Waals surface area (Å²) in [7, 11) is 0. The van der Waals surface area contributed by atoms with E-state index in [1.54, 1.807) is 0 Å². The molecule has 1 saturated heterocycles. The maximum absolute atomic E-state index is 11.7. The zero-order valence-corrected chi connectivity index (χ0v) is 8.75. The van der Waals surface area contributed by atoms with E-state index in [1.807, 2.05) is 13.8 Å². The number of amides is 1. The van der Waals surface area contributed by atoms with Crippen LogP contribution < -0.4 is 16.4 Å². The Morgan fingerprint density at radius 1 is 1.79 bits per heavy atom. The number of carbonyl (C=O) groups is 1. The van der Waals surface area contributed by atoms with Gasteiger partial charge in [0, 0.05) is 19.1 Å². The molecule has 1 aliphatic rings. The van der Waals surface area contributed by atoms with Crippen LogP contribution >= 0.6 is 0 Å². The molecule has 0 aromatic carbocycles. The van der Waals surface area contributed by atoms with Crippen LogP contribution in [0.25, 0.3) is 0 Å². The normalized spacial score (nSPS) is 29.6. The van der Waals surface area contributed by atoms with Crippen molar-refractivity contribution in [3.8, 4) is 0 Å². The summed E-state index contributed by atoms with van der Waals surface area (Å²) in [5.41, 5.74) is 5.42. The summed E-state index contributed by atoms with van der Waals surface area (Å²) in [5.74, 6) is -0.0323. The van der Waals surface area contributed by atoms with Crippen molar-refractivity contribution in [2.24, 2.45) is 5.73 Å². The van der Waals surface area contributed by atoms with Crippen LogP contribution in [0, 0.1) is 0 Å². The van der Waals surface area contributed by atoms with Gasteiger partial charge in [-0.25, -0.2) is 0 Å². The van der Waals surface area contributed by atoms with Gasteiger partial charge in [-0.1, -0.05) is 0 Å². The minimum atomic E-state index is -0.252. The summed E-state index contributed by atoms with van der Waals surface area (Å²) in [6.45, 7) is 5.61. The van der Waals surface area contributed by atoms with Crippen LogP contribution in [-0.4, -0.2) is 43.8 Å². The van der Waals surface area contributed by atoms with Gasteiger partial charge < -0.3 is 21.1 Å². The van der Waals surface area contributed by atoms with Gasteiger partial charge in [0.2, 0.25) is 5.91 Å². The van der Waals surface area contributed by atoms with Gasteiger partial charge in [-0.05, 0) is 13.8 Å². The van der Waals surface area contributed by atoms with Gasteiger partial charge in [0.25, 0.3) is 0 Å². The molecule has 5 nitrogen and oxygen atoms in total. The van der Waals surface area contributed by atoms with E-state index in [0.717, 1.165) is 6.54 Å². The number of carbonyl (C=O) groups excluding carboxylic acids is 1. The Hall–Kier alpha value is -0.650. The first-order valence-corrected chi connectivity index (χ1v) is 5.00. The Morgan fingerprint density at radius 2 is 2.50 bits per heavy atom. The molecule has 0 radical (unpaired) electrons. The molecule has 1 heterocycles. The lowest BCUT2D eigenvalue weighted by molar-refractivity contribution is -0.129. The smallest absolute Gasteiger partial charge is 0.240 e. The Labute approximate surface area is 84.4 Å². The number of nitrogens with one attached hydrogen (secondary N) is 2. The molecular weight excluding hydrogens is 182 g/mol. The Kier molecular flexibility index (Phi) is 4.31. The van der Waals surface area contributed by atoms with Gasteiger partial charge in [0.15, 0.2) is 0 Å². The standard InChI is InChI=1S/C9H19N3O2/c1-6(5-10)12-9(13)8-7(2)14-4-3-11-8/h6-8,11H,3-5,10H2,1-2H3,(H,12,13)/t6-,7-,8+/m1/s1. The third-order valence-electron chi connectivity index (χ3n) is 2.34. The number of rotatable bonds is 3. The van der Waals surface area contributed by atoms with E-state index in [9.17, 15) is 4.79 Å². The minimum absolute atomic E-state index is 0.0124. The van der Waals surface area contributed by atoms with Crippen LogP contribution in [0.5, 0.6) is 0 Å². The van der Waals surface area contributed by atoms with Crippen molar-refractivity contribution in [1.82, 2.24) is 10.6 Å². The van der Waals surface area contributed by atoms with Gasteiger partial charge in [0.1, 0.15) is 6.04 Å². The molecule has 5 heteroatoms. The Bertz CT molecular complexity index is 198. The van der Waals surface area contributed by atoms with Crippen LogP contribution in [0.1, 0.15) is 13.8 Å². The fourth-order valence-electron chi connectivity index (χ4n) is 1.42. The van der Waals surface area contributed by atoms with Crippen molar-refractivity contribution in [2.45, 2.75) is 32.0 Å². The molecule has 0 spiro atoms. The number of nitrogens with two attached hydrogens (primary N) is 1. The second-order valence-electron chi connectivity index (χ2n) is 3.65. The lowest BCUT2D eigenvalue weighted by atomic mass is 10.1. The summed E-state index contributed by atoms with van der Waals surface area (Å²) in [4.78, 5) is 11.7. The highest BCUT2D eigenvalue weighted by molar-refractivity contribution is 5.82. The second kappa shape index (κ2) is 5.29. The third kappa shape index (κ3) is 2.94.